The van der Waals surface area contributed by atoms with Crippen molar-refractivity contribution in [3.63, 3.8) is 0 Å². The van der Waals surface area contributed by atoms with Crippen LogP contribution in [0.25, 0.3) is 11.0 Å². The Hall–Kier alpha value is -2.84. The third kappa shape index (κ3) is 5.80. The molecule has 34 heavy (non-hydrogen) atoms. The first-order valence-electron chi connectivity index (χ1n) is 11.8. The summed E-state index contributed by atoms with van der Waals surface area (Å²) in [4.78, 5) is 34.2. The van der Waals surface area contributed by atoms with Crippen LogP contribution in [0.5, 0.6) is 0 Å². The predicted octanol–water partition coefficient (Wildman–Crippen LogP) is 3.05. The maximum absolute atomic E-state index is 12.5. The Balaban J connectivity index is 1.19. The molecule has 3 aromatic rings. The molecule has 2 aromatic carbocycles. The van der Waals surface area contributed by atoms with Gasteiger partial charge in [0, 0.05) is 45.0 Å². The predicted molar refractivity (Wildman–Crippen MR) is 140 cm³/mol. The van der Waals surface area contributed by atoms with Crippen molar-refractivity contribution < 1.29 is 4.79 Å². The van der Waals surface area contributed by atoms with E-state index in [1.54, 1.807) is 11.6 Å². The van der Waals surface area contributed by atoms with Gasteiger partial charge in [-0.05, 0) is 56.6 Å². The highest BCUT2D eigenvalue weighted by molar-refractivity contribution is 7.99. The number of aromatic nitrogens is 2. The first-order chi connectivity index (χ1) is 16.4. The molecule has 0 bridgehead atoms. The van der Waals surface area contributed by atoms with Gasteiger partial charge in [-0.2, -0.15) is 0 Å². The van der Waals surface area contributed by atoms with Gasteiger partial charge in [-0.1, -0.05) is 36.0 Å². The lowest BCUT2D eigenvalue weighted by Crippen LogP contribution is -2.52. The molecule has 0 aliphatic carbocycles. The van der Waals surface area contributed by atoms with Crippen molar-refractivity contribution in [3.05, 3.63) is 64.4 Å². The highest BCUT2D eigenvalue weighted by Crippen LogP contribution is 2.21. The summed E-state index contributed by atoms with van der Waals surface area (Å²) in [5.41, 5.74) is 3.96. The average molecular weight is 480 g/mol. The third-order valence-electron chi connectivity index (χ3n) is 6.31. The summed E-state index contributed by atoms with van der Waals surface area (Å²) in [5.74, 6) is 0.118. The molecule has 0 spiro atoms. The van der Waals surface area contributed by atoms with Gasteiger partial charge in [0.15, 0.2) is 5.03 Å². The van der Waals surface area contributed by atoms with Crippen molar-refractivity contribution in [3.8, 4) is 0 Å². The van der Waals surface area contributed by atoms with Crippen molar-refractivity contribution in [2.45, 2.75) is 31.3 Å². The summed E-state index contributed by atoms with van der Waals surface area (Å²) in [7, 11) is 1.73. The zero-order valence-corrected chi connectivity index (χ0v) is 21.0. The molecule has 1 fully saturated rings. The van der Waals surface area contributed by atoms with E-state index in [1.807, 2.05) is 24.3 Å². The average Bonchev–Trinajstić information content (AvgIpc) is 2.83. The van der Waals surface area contributed by atoms with Gasteiger partial charge in [-0.3, -0.25) is 14.5 Å². The summed E-state index contributed by atoms with van der Waals surface area (Å²) < 4.78 is 1.59. The van der Waals surface area contributed by atoms with Gasteiger partial charge in [0.25, 0.3) is 5.56 Å². The van der Waals surface area contributed by atoms with E-state index in [0.29, 0.717) is 17.6 Å². The molecule has 1 saturated heterocycles. The van der Waals surface area contributed by atoms with Crippen LogP contribution in [-0.2, 0) is 11.8 Å². The summed E-state index contributed by atoms with van der Waals surface area (Å²) >= 11 is 1.20. The number of thioether (sulfide) groups is 1. The molecule has 1 aromatic heterocycles. The Bertz CT molecular complexity index is 1210. The molecule has 1 atom stereocenters. The molecular weight excluding hydrogens is 446 g/mol. The molecule has 1 unspecified atom stereocenters. The highest BCUT2D eigenvalue weighted by atomic mass is 32.2. The number of hydrogen-bond donors (Lipinski definition) is 1. The van der Waals surface area contributed by atoms with Crippen LogP contribution in [0.4, 0.5) is 5.69 Å². The second-order valence-corrected chi connectivity index (χ2v) is 9.91. The maximum atomic E-state index is 12.5. The van der Waals surface area contributed by atoms with E-state index in [2.05, 4.69) is 58.2 Å². The normalized spacial score (nSPS) is 16.7. The lowest BCUT2D eigenvalue weighted by Gasteiger charge is -2.41. The fraction of sp³-hybridized carbons (Fsp3) is 0.423. The third-order valence-corrected chi connectivity index (χ3v) is 7.26. The van der Waals surface area contributed by atoms with E-state index in [4.69, 9.17) is 0 Å². The number of nitrogens with zero attached hydrogens (tertiary/aromatic N) is 4. The number of para-hydroxylation sites is 2. The quantitative estimate of drug-likeness (QED) is 0.396. The number of nitrogens with one attached hydrogen (secondary N) is 1. The zero-order chi connectivity index (χ0) is 24.1. The number of amides is 1. The minimum atomic E-state index is -0.171. The summed E-state index contributed by atoms with van der Waals surface area (Å²) in [5, 5.41) is 3.34. The summed E-state index contributed by atoms with van der Waals surface area (Å²) in [6.07, 6.45) is 0.906. The Kier molecular flexibility index (Phi) is 7.90. The van der Waals surface area contributed by atoms with E-state index >= 15 is 0 Å². The molecular formula is C26H33N5O2S. The van der Waals surface area contributed by atoms with E-state index in [-0.39, 0.29) is 17.2 Å². The Morgan fingerprint density at radius 3 is 2.79 bits per heavy atom. The molecule has 1 aliphatic rings. The zero-order valence-electron chi connectivity index (χ0n) is 20.2. The van der Waals surface area contributed by atoms with Crippen molar-refractivity contribution in [1.29, 1.82) is 0 Å². The van der Waals surface area contributed by atoms with Crippen molar-refractivity contribution in [1.82, 2.24) is 19.8 Å². The lowest BCUT2D eigenvalue weighted by molar-refractivity contribution is -0.118. The first kappa shape index (κ1) is 24.3. The van der Waals surface area contributed by atoms with Gasteiger partial charge in [-0.15, -0.1) is 0 Å². The Labute approximate surface area is 205 Å². The van der Waals surface area contributed by atoms with Crippen molar-refractivity contribution in [2.75, 3.05) is 43.4 Å². The molecule has 2 heterocycles. The van der Waals surface area contributed by atoms with Crippen LogP contribution in [0.2, 0.25) is 0 Å². The van der Waals surface area contributed by atoms with Crippen molar-refractivity contribution >= 4 is 34.4 Å². The molecule has 0 radical (unpaired) electrons. The minimum Gasteiger partial charge on any atom is -0.366 e. The number of benzene rings is 2. The number of carbonyl (C=O) groups excluding carboxylic acids is 1. The fourth-order valence-electron chi connectivity index (χ4n) is 4.49. The van der Waals surface area contributed by atoms with Crippen LogP contribution < -0.4 is 15.8 Å². The van der Waals surface area contributed by atoms with Crippen LogP contribution in [-0.4, -0.2) is 64.9 Å². The molecule has 8 heteroatoms. The monoisotopic (exact) mass is 479 g/mol. The smallest absolute Gasteiger partial charge is 0.283 e. The standard InChI is InChI=1S/C26H33N5O2S/c1-19-8-6-9-21(16-19)31-15-14-30(17-20(31)2)13-7-12-27-24(32)18-34-25-26(33)29(3)23-11-5-4-10-22(23)28-25/h4-6,8-11,16,20H,7,12-15,17-18H2,1-3H3,(H,27,32). The van der Waals surface area contributed by atoms with Gasteiger partial charge < -0.3 is 14.8 Å². The van der Waals surface area contributed by atoms with E-state index in [1.165, 1.54) is 23.0 Å². The van der Waals surface area contributed by atoms with Gasteiger partial charge in [0.05, 0.1) is 16.8 Å². The molecule has 1 aliphatic heterocycles. The van der Waals surface area contributed by atoms with E-state index in [0.717, 1.165) is 43.6 Å². The SMILES string of the molecule is Cc1cccc(N2CCN(CCCNC(=O)CSc3nc4ccccc4n(C)c3=O)CC2C)c1. The number of hydrogen-bond acceptors (Lipinski definition) is 6. The van der Waals surface area contributed by atoms with Crippen molar-refractivity contribution in [2.24, 2.45) is 7.05 Å². The van der Waals surface area contributed by atoms with Crippen LogP contribution in [0.15, 0.2) is 58.4 Å². The van der Waals surface area contributed by atoms with Gasteiger partial charge in [-0.25, -0.2) is 4.98 Å². The Morgan fingerprint density at radius 1 is 1.18 bits per heavy atom. The van der Waals surface area contributed by atoms with Crippen LogP contribution in [0, 0.1) is 6.92 Å². The largest absolute Gasteiger partial charge is 0.366 e. The minimum absolute atomic E-state index is 0.0698. The molecule has 180 valence electrons. The molecule has 4 rings (SSSR count). The molecule has 7 nitrogen and oxygen atoms in total. The van der Waals surface area contributed by atoms with E-state index in [9.17, 15) is 9.59 Å². The van der Waals surface area contributed by atoms with E-state index < -0.39 is 0 Å². The number of fused-ring (bicyclic) bond motifs is 1. The lowest BCUT2D eigenvalue weighted by atomic mass is 10.1. The molecule has 1 amide bonds. The number of piperazine rings is 1. The number of aryl methyl sites for hydroxylation is 2. The van der Waals surface area contributed by atoms with Crippen LogP contribution in [0.3, 0.4) is 0 Å². The molecule has 0 saturated carbocycles. The summed E-state index contributed by atoms with van der Waals surface area (Å²) in [6.45, 7) is 9.07. The highest BCUT2D eigenvalue weighted by Gasteiger charge is 2.23. The molecule has 1 N–H and O–H groups in total. The summed E-state index contributed by atoms with van der Waals surface area (Å²) in [6, 6.07) is 16.7. The fourth-order valence-corrected chi connectivity index (χ4v) is 5.28. The van der Waals surface area contributed by atoms with Crippen LogP contribution in [0.1, 0.15) is 18.9 Å². The van der Waals surface area contributed by atoms with Gasteiger partial charge in [0.1, 0.15) is 0 Å². The number of anilines is 1. The Morgan fingerprint density at radius 2 is 2.00 bits per heavy atom. The van der Waals surface area contributed by atoms with Gasteiger partial charge in [0.2, 0.25) is 5.91 Å². The second-order valence-electron chi connectivity index (χ2n) is 8.94. The van der Waals surface area contributed by atoms with Crippen LogP contribution >= 0.6 is 11.8 Å². The van der Waals surface area contributed by atoms with Gasteiger partial charge >= 0.3 is 0 Å². The maximum Gasteiger partial charge on any atom is 0.283 e. The first-order valence-corrected chi connectivity index (χ1v) is 12.8. The topological polar surface area (TPSA) is 70.5 Å². The second kappa shape index (κ2) is 11.1. The number of carbonyl (C=O) groups is 1. The number of rotatable bonds is 8.